The van der Waals surface area contributed by atoms with Crippen LogP contribution < -0.4 is 5.32 Å². The molecule has 0 atom stereocenters. The van der Waals surface area contributed by atoms with Gasteiger partial charge in [-0.1, -0.05) is 36.4 Å². The lowest BCUT2D eigenvalue weighted by molar-refractivity contribution is -0.115. The second-order valence-electron chi connectivity index (χ2n) is 4.52. The van der Waals surface area contributed by atoms with Crippen LogP contribution in [0.2, 0.25) is 0 Å². The number of hydrogen-bond donors (Lipinski definition) is 1. The fourth-order valence-corrected chi connectivity index (χ4v) is 1.99. The molecule has 0 fully saturated rings. The molecule has 6 nitrogen and oxygen atoms in total. The molecule has 0 aliphatic carbocycles. The topological polar surface area (TPSA) is 72.7 Å². The van der Waals surface area contributed by atoms with Gasteiger partial charge in [0.2, 0.25) is 5.91 Å². The number of hydrogen-bond acceptors (Lipinski definition) is 4. The van der Waals surface area contributed by atoms with Gasteiger partial charge in [0.15, 0.2) is 0 Å². The van der Waals surface area contributed by atoms with Gasteiger partial charge in [-0.15, -0.1) is 5.10 Å². The summed E-state index contributed by atoms with van der Waals surface area (Å²) in [5, 5.41) is 13.9. The Kier molecular flexibility index (Phi) is 3.68. The lowest BCUT2D eigenvalue weighted by Gasteiger charge is -2.07. The molecule has 2 aromatic carbocycles. The largest absolute Gasteiger partial charge is 0.326 e. The average molecular weight is 279 g/mol. The monoisotopic (exact) mass is 279 g/mol. The van der Waals surface area contributed by atoms with E-state index in [1.807, 2.05) is 54.6 Å². The first-order chi connectivity index (χ1) is 10.3. The molecule has 1 aromatic heterocycles. The molecule has 0 spiro atoms. The van der Waals surface area contributed by atoms with Crippen LogP contribution in [-0.2, 0) is 11.2 Å². The molecule has 0 radical (unpaired) electrons. The number of aromatic nitrogens is 4. The van der Waals surface area contributed by atoms with E-state index >= 15 is 0 Å². The molecule has 1 N–H and O–H groups in total. The van der Waals surface area contributed by atoms with Gasteiger partial charge in [-0.3, -0.25) is 4.79 Å². The van der Waals surface area contributed by atoms with Crippen LogP contribution in [0.3, 0.4) is 0 Å². The van der Waals surface area contributed by atoms with Gasteiger partial charge in [0.25, 0.3) is 0 Å². The Bertz CT molecular complexity index is 725. The number of anilines is 1. The van der Waals surface area contributed by atoms with E-state index in [0.29, 0.717) is 12.1 Å². The van der Waals surface area contributed by atoms with Gasteiger partial charge in [0.1, 0.15) is 6.33 Å². The molecule has 0 aliphatic rings. The minimum absolute atomic E-state index is 0.0601. The van der Waals surface area contributed by atoms with Crippen LogP contribution in [0, 0.1) is 0 Å². The lowest BCUT2D eigenvalue weighted by Crippen LogP contribution is -2.14. The van der Waals surface area contributed by atoms with Crippen molar-refractivity contribution < 1.29 is 4.79 Å². The van der Waals surface area contributed by atoms with Crippen LogP contribution in [0.25, 0.3) is 5.69 Å². The number of tetrazole rings is 1. The van der Waals surface area contributed by atoms with Crippen molar-refractivity contribution in [2.24, 2.45) is 0 Å². The molecule has 6 heteroatoms. The lowest BCUT2D eigenvalue weighted by atomic mass is 10.1. The van der Waals surface area contributed by atoms with Crippen molar-refractivity contribution in [3.05, 3.63) is 66.5 Å². The Morgan fingerprint density at radius 3 is 2.71 bits per heavy atom. The highest BCUT2D eigenvalue weighted by molar-refractivity contribution is 5.92. The summed E-state index contributed by atoms with van der Waals surface area (Å²) < 4.78 is 1.53. The second-order valence-corrected chi connectivity index (χ2v) is 4.52. The third-order valence-corrected chi connectivity index (χ3v) is 2.95. The van der Waals surface area contributed by atoms with Crippen LogP contribution in [0.15, 0.2) is 60.9 Å². The SMILES string of the molecule is O=C(Cc1ccccc1)Nc1cccc(-n2cnnn2)c1. The summed E-state index contributed by atoms with van der Waals surface area (Å²) in [6.45, 7) is 0. The smallest absolute Gasteiger partial charge is 0.228 e. The summed E-state index contributed by atoms with van der Waals surface area (Å²) in [5.41, 5.74) is 2.48. The molecule has 1 heterocycles. The van der Waals surface area contributed by atoms with Crippen molar-refractivity contribution in [3.8, 4) is 5.69 Å². The first kappa shape index (κ1) is 13.0. The number of nitrogens with one attached hydrogen (secondary N) is 1. The third-order valence-electron chi connectivity index (χ3n) is 2.95. The molecular formula is C15H13N5O. The number of benzene rings is 2. The number of rotatable bonds is 4. The van der Waals surface area contributed by atoms with Crippen molar-refractivity contribution in [1.29, 1.82) is 0 Å². The van der Waals surface area contributed by atoms with Gasteiger partial charge in [-0.25, -0.2) is 4.68 Å². The molecule has 0 saturated heterocycles. The maximum Gasteiger partial charge on any atom is 0.228 e. The van der Waals surface area contributed by atoms with Crippen molar-refractivity contribution in [2.75, 3.05) is 5.32 Å². The molecule has 0 bridgehead atoms. The van der Waals surface area contributed by atoms with Crippen molar-refractivity contribution >= 4 is 11.6 Å². The average Bonchev–Trinajstić information content (AvgIpc) is 3.02. The Hall–Kier alpha value is -3.02. The predicted octanol–water partition coefficient (Wildman–Crippen LogP) is 1.84. The fourth-order valence-electron chi connectivity index (χ4n) is 1.99. The van der Waals surface area contributed by atoms with E-state index in [4.69, 9.17) is 0 Å². The van der Waals surface area contributed by atoms with Crippen molar-refractivity contribution in [1.82, 2.24) is 20.2 Å². The molecule has 0 saturated carbocycles. The zero-order valence-electron chi connectivity index (χ0n) is 11.2. The summed E-state index contributed by atoms with van der Waals surface area (Å²) in [4.78, 5) is 12.0. The third kappa shape index (κ3) is 3.30. The van der Waals surface area contributed by atoms with Crippen LogP contribution >= 0.6 is 0 Å². The molecule has 3 rings (SSSR count). The minimum Gasteiger partial charge on any atom is -0.326 e. The van der Waals surface area contributed by atoms with Crippen LogP contribution in [0.1, 0.15) is 5.56 Å². The number of amides is 1. The molecular weight excluding hydrogens is 266 g/mol. The Balaban J connectivity index is 1.70. The predicted molar refractivity (Wildman–Crippen MR) is 77.9 cm³/mol. The molecule has 0 unspecified atom stereocenters. The van der Waals surface area contributed by atoms with Crippen LogP contribution in [-0.4, -0.2) is 26.1 Å². The number of carbonyl (C=O) groups excluding carboxylic acids is 1. The van der Waals surface area contributed by atoms with Gasteiger partial charge >= 0.3 is 0 Å². The standard InChI is InChI=1S/C15H13N5O/c21-15(9-12-5-2-1-3-6-12)17-13-7-4-8-14(10-13)20-11-16-18-19-20/h1-8,10-11H,9H2,(H,17,21). The van der Waals surface area contributed by atoms with Gasteiger partial charge in [-0.05, 0) is 34.2 Å². The highest BCUT2D eigenvalue weighted by Gasteiger charge is 2.05. The van der Waals surface area contributed by atoms with Crippen molar-refractivity contribution in [3.63, 3.8) is 0 Å². The molecule has 104 valence electrons. The van der Waals surface area contributed by atoms with Crippen LogP contribution in [0.5, 0.6) is 0 Å². The fraction of sp³-hybridized carbons (Fsp3) is 0.0667. The first-order valence-electron chi connectivity index (χ1n) is 6.48. The summed E-state index contributed by atoms with van der Waals surface area (Å²) in [7, 11) is 0. The number of nitrogens with zero attached hydrogens (tertiary/aromatic N) is 4. The molecule has 1 amide bonds. The second kappa shape index (κ2) is 5.96. The van der Waals surface area contributed by atoms with Gasteiger partial charge in [-0.2, -0.15) is 0 Å². The van der Waals surface area contributed by atoms with E-state index in [2.05, 4.69) is 20.8 Å². The van der Waals surface area contributed by atoms with E-state index in [0.717, 1.165) is 11.3 Å². The van der Waals surface area contributed by atoms with E-state index < -0.39 is 0 Å². The molecule has 3 aromatic rings. The summed E-state index contributed by atoms with van der Waals surface area (Å²) in [5.74, 6) is -0.0601. The quantitative estimate of drug-likeness (QED) is 0.791. The van der Waals surface area contributed by atoms with E-state index in [1.165, 1.54) is 11.0 Å². The first-order valence-corrected chi connectivity index (χ1v) is 6.48. The number of carbonyl (C=O) groups is 1. The van der Waals surface area contributed by atoms with Gasteiger partial charge in [0, 0.05) is 5.69 Å². The van der Waals surface area contributed by atoms with E-state index in [-0.39, 0.29) is 5.91 Å². The highest BCUT2D eigenvalue weighted by atomic mass is 16.1. The van der Waals surface area contributed by atoms with Crippen molar-refractivity contribution in [2.45, 2.75) is 6.42 Å². The Morgan fingerprint density at radius 1 is 1.10 bits per heavy atom. The minimum atomic E-state index is -0.0601. The normalized spacial score (nSPS) is 10.3. The zero-order chi connectivity index (χ0) is 14.5. The Morgan fingerprint density at radius 2 is 1.95 bits per heavy atom. The van der Waals surface area contributed by atoms with Crippen LogP contribution in [0.4, 0.5) is 5.69 Å². The summed E-state index contributed by atoms with van der Waals surface area (Å²) in [6.07, 6.45) is 1.85. The molecule has 21 heavy (non-hydrogen) atoms. The Labute approximate surface area is 121 Å². The van der Waals surface area contributed by atoms with Gasteiger partial charge in [0.05, 0.1) is 12.1 Å². The molecule has 0 aliphatic heterocycles. The highest BCUT2D eigenvalue weighted by Crippen LogP contribution is 2.13. The van der Waals surface area contributed by atoms with E-state index in [9.17, 15) is 4.79 Å². The summed E-state index contributed by atoms with van der Waals surface area (Å²) >= 11 is 0. The maximum atomic E-state index is 12.0. The maximum absolute atomic E-state index is 12.0. The van der Waals surface area contributed by atoms with E-state index in [1.54, 1.807) is 0 Å². The summed E-state index contributed by atoms with van der Waals surface area (Å²) in [6, 6.07) is 17.0. The van der Waals surface area contributed by atoms with Gasteiger partial charge < -0.3 is 5.32 Å². The zero-order valence-corrected chi connectivity index (χ0v) is 11.2.